The summed E-state index contributed by atoms with van der Waals surface area (Å²) in [5.74, 6) is 0.424. The second-order valence-electron chi connectivity index (χ2n) is 1.90. The van der Waals surface area contributed by atoms with Crippen molar-refractivity contribution in [2.75, 3.05) is 5.75 Å². The van der Waals surface area contributed by atoms with Crippen molar-refractivity contribution in [3.8, 4) is 0 Å². The maximum Gasteiger partial charge on any atom is 0.242 e. The summed E-state index contributed by atoms with van der Waals surface area (Å²) in [6, 6.07) is 0. The predicted octanol–water partition coefficient (Wildman–Crippen LogP) is -0.833. The van der Waals surface area contributed by atoms with E-state index in [9.17, 15) is 4.21 Å². The Labute approximate surface area is 49.8 Å². The lowest BCUT2D eigenvalue weighted by atomic mass is 10.3. The van der Waals surface area contributed by atoms with Crippen molar-refractivity contribution in [1.29, 1.82) is 0 Å². The van der Waals surface area contributed by atoms with Gasteiger partial charge >= 0.3 is 0 Å². The summed E-state index contributed by atoms with van der Waals surface area (Å²) in [4.78, 5) is 0. The third-order valence-electron chi connectivity index (χ3n) is 1.20. The van der Waals surface area contributed by atoms with E-state index in [2.05, 4.69) is 0 Å². The topological polar surface area (TPSA) is 57.5 Å². The van der Waals surface area contributed by atoms with E-state index in [0.29, 0.717) is 12.2 Å². The van der Waals surface area contributed by atoms with Crippen molar-refractivity contribution >= 4 is 10.8 Å². The molecule has 1 heterocycles. The summed E-state index contributed by atoms with van der Waals surface area (Å²) in [6.07, 6.45) is 0.902. The minimum Gasteiger partial charge on any atom is -0.355 e. The van der Waals surface area contributed by atoms with Gasteiger partial charge in [0.15, 0.2) is 0 Å². The van der Waals surface area contributed by atoms with Crippen LogP contribution in [-0.4, -0.2) is 25.3 Å². The molecule has 0 aromatic carbocycles. The van der Waals surface area contributed by atoms with E-state index in [0.717, 1.165) is 0 Å². The second kappa shape index (κ2) is 1.79. The van der Waals surface area contributed by atoms with Gasteiger partial charge in [0.2, 0.25) is 5.12 Å². The molecule has 3 nitrogen and oxygen atoms in total. The largest absolute Gasteiger partial charge is 0.355 e. The van der Waals surface area contributed by atoms with Crippen LogP contribution in [0.5, 0.6) is 0 Å². The van der Waals surface area contributed by atoms with Crippen molar-refractivity contribution in [1.82, 2.24) is 0 Å². The lowest BCUT2D eigenvalue weighted by Gasteiger charge is -2.10. The SMILES string of the molecule is O=S1CCCC1(O)O. The van der Waals surface area contributed by atoms with Crippen molar-refractivity contribution in [3.63, 3.8) is 0 Å². The van der Waals surface area contributed by atoms with Gasteiger partial charge in [-0.25, -0.2) is 0 Å². The van der Waals surface area contributed by atoms with Gasteiger partial charge in [-0.3, -0.25) is 4.21 Å². The lowest BCUT2D eigenvalue weighted by Crippen LogP contribution is -2.28. The Hall–Kier alpha value is 0.0700. The molecular formula is C4H8O3S. The van der Waals surface area contributed by atoms with Gasteiger partial charge in [-0.15, -0.1) is 0 Å². The average Bonchev–Trinajstić information content (AvgIpc) is 1.86. The summed E-state index contributed by atoms with van der Waals surface area (Å²) in [6.45, 7) is 0. The van der Waals surface area contributed by atoms with Crippen LogP contribution in [0.4, 0.5) is 0 Å². The number of rotatable bonds is 0. The zero-order valence-electron chi connectivity index (χ0n) is 4.33. The fourth-order valence-electron chi connectivity index (χ4n) is 0.711. The maximum atomic E-state index is 10.5. The Bertz CT molecular complexity index is 120. The van der Waals surface area contributed by atoms with E-state index < -0.39 is 15.9 Å². The van der Waals surface area contributed by atoms with E-state index in [1.165, 1.54) is 0 Å². The highest BCUT2D eigenvalue weighted by atomic mass is 32.2. The van der Waals surface area contributed by atoms with Gasteiger partial charge in [-0.1, -0.05) is 0 Å². The molecule has 1 aliphatic rings. The summed E-state index contributed by atoms with van der Waals surface area (Å²) >= 11 is 0. The van der Waals surface area contributed by atoms with Crippen molar-refractivity contribution in [2.24, 2.45) is 0 Å². The highest BCUT2D eigenvalue weighted by Gasteiger charge is 2.35. The minimum atomic E-state index is -1.88. The molecule has 1 rings (SSSR count). The molecular weight excluding hydrogens is 128 g/mol. The molecule has 1 saturated heterocycles. The molecule has 1 aliphatic heterocycles. The first-order chi connectivity index (χ1) is 3.63. The van der Waals surface area contributed by atoms with E-state index in [1.54, 1.807) is 0 Å². The lowest BCUT2D eigenvalue weighted by molar-refractivity contribution is -0.0797. The van der Waals surface area contributed by atoms with Gasteiger partial charge in [-0.05, 0) is 6.42 Å². The van der Waals surface area contributed by atoms with Crippen LogP contribution in [0.2, 0.25) is 0 Å². The first-order valence-corrected chi connectivity index (χ1v) is 3.78. The van der Waals surface area contributed by atoms with Gasteiger partial charge < -0.3 is 10.2 Å². The third-order valence-corrected chi connectivity index (χ3v) is 2.79. The number of hydrogen-bond donors (Lipinski definition) is 2. The van der Waals surface area contributed by atoms with Crippen LogP contribution >= 0.6 is 0 Å². The fourth-order valence-corrected chi connectivity index (χ4v) is 1.82. The van der Waals surface area contributed by atoms with E-state index in [4.69, 9.17) is 10.2 Å². The molecule has 0 aromatic heterocycles. The van der Waals surface area contributed by atoms with Crippen molar-refractivity contribution in [2.45, 2.75) is 18.0 Å². The summed E-state index contributed by atoms with van der Waals surface area (Å²) in [5, 5.41) is 15.6. The molecule has 0 spiro atoms. The normalized spacial score (nSPS) is 35.5. The van der Waals surface area contributed by atoms with Crippen molar-refractivity contribution in [3.05, 3.63) is 0 Å². The van der Waals surface area contributed by atoms with Gasteiger partial charge in [-0.2, -0.15) is 0 Å². The molecule has 0 aromatic rings. The Balaban J connectivity index is 2.68. The molecule has 0 radical (unpaired) electrons. The molecule has 48 valence electrons. The molecule has 0 amide bonds. The van der Waals surface area contributed by atoms with E-state index in [-0.39, 0.29) is 6.42 Å². The molecule has 0 aliphatic carbocycles. The average molecular weight is 136 g/mol. The van der Waals surface area contributed by atoms with Crippen LogP contribution in [0.25, 0.3) is 0 Å². The van der Waals surface area contributed by atoms with E-state index >= 15 is 0 Å². The smallest absolute Gasteiger partial charge is 0.242 e. The van der Waals surface area contributed by atoms with Crippen LogP contribution in [0.15, 0.2) is 0 Å². The molecule has 0 bridgehead atoms. The zero-order chi connectivity index (χ0) is 6.20. The first kappa shape index (κ1) is 6.19. The summed E-state index contributed by atoms with van der Waals surface area (Å²) < 4.78 is 10.5. The zero-order valence-corrected chi connectivity index (χ0v) is 5.15. The Morgan fingerprint density at radius 3 is 2.25 bits per heavy atom. The highest BCUT2D eigenvalue weighted by molar-refractivity contribution is 7.86. The fraction of sp³-hybridized carbons (Fsp3) is 1.00. The van der Waals surface area contributed by atoms with Gasteiger partial charge in [0, 0.05) is 12.2 Å². The van der Waals surface area contributed by atoms with Crippen LogP contribution in [0.3, 0.4) is 0 Å². The molecule has 1 unspecified atom stereocenters. The molecule has 8 heavy (non-hydrogen) atoms. The predicted molar refractivity (Wildman–Crippen MR) is 29.4 cm³/mol. The quantitative estimate of drug-likeness (QED) is 0.427. The Kier molecular flexibility index (Phi) is 1.38. The Morgan fingerprint density at radius 1 is 1.50 bits per heavy atom. The van der Waals surface area contributed by atoms with Crippen LogP contribution in [-0.2, 0) is 10.8 Å². The van der Waals surface area contributed by atoms with Gasteiger partial charge in [0.05, 0.1) is 10.8 Å². The highest BCUT2D eigenvalue weighted by Crippen LogP contribution is 2.22. The van der Waals surface area contributed by atoms with E-state index in [1.807, 2.05) is 0 Å². The minimum absolute atomic E-state index is 0.250. The third kappa shape index (κ3) is 0.913. The van der Waals surface area contributed by atoms with Crippen molar-refractivity contribution < 1.29 is 14.4 Å². The van der Waals surface area contributed by atoms with Crippen LogP contribution in [0.1, 0.15) is 12.8 Å². The van der Waals surface area contributed by atoms with Crippen LogP contribution in [0, 0.1) is 0 Å². The maximum absolute atomic E-state index is 10.5. The molecule has 1 fully saturated rings. The first-order valence-electron chi connectivity index (χ1n) is 2.46. The Morgan fingerprint density at radius 2 is 2.12 bits per heavy atom. The molecule has 0 saturated carbocycles. The summed E-state index contributed by atoms with van der Waals surface area (Å²) in [5.41, 5.74) is 0. The van der Waals surface area contributed by atoms with Gasteiger partial charge in [0.25, 0.3) is 0 Å². The van der Waals surface area contributed by atoms with Gasteiger partial charge in [0.1, 0.15) is 0 Å². The van der Waals surface area contributed by atoms with Crippen LogP contribution < -0.4 is 0 Å². The molecule has 4 heteroatoms. The molecule has 2 N–H and O–H groups in total. The standard InChI is InChI=1S/C4H8O3S/c5-4(6)2-1-3-8(4)7/h5-6H,1-3H2. The summed E-state index contributed by atoms with van der Waals surface area (Å²) in [7, 11) is -1.42. The second-order valence-corrected chi connectivity index (χ2v) is 3.65. The number of hydrogen-bond acceptors (Lipinski definition) is 3. The molecule has 1 atom stereocenters. The number of aliphatic hydroxyl groups is 2. The monoisotopic (exact) mass is 136 g/mol.